The number of carbonyl (C=O) groups excluding carboxylic acids is 1. The average Bonchev–Trinajstić information content (AvgIpc) is 3.50. The summed E-state index contributed by atoms with van der Waals surface area (Å²) in [4.78, 5) is 12.8. The van der Waals surface area contributed by atoms with Crippen LogP contribution in [-0.4, -0.2) is 46.5 Å². The largest absolute Gasteiger partial charge is 0.491 e. The molecule has 1 saturated heterocycles. The van der Waals surface area contributed by atoms with Gasteiger partial charge in [0, 0.05) is 54.6 Å². The number of aliphatic hydroxyl groups is 1. The molecule has 5 rings (SSSR count). The third kappa shape index (κ3) is 6.14. The van der Waals surface area contributed by atoms with Crippen LogP contribution in [0.4, 0.5) is 10.1 Å². The Balaban J connectivity index is 1.20. The molecule has 7 nitrogen and oxygen atoms in total. The van der Waals surface area contributed by atoms with Crippen molar-refractivity contribution >= 4 is 22.5 Å². The summed E-state index contributed by atoms with van der Waals surface area (Å²) in [5.74, 6) is -0.746. The van der Waals surface area contributed by atoms with Gasteiger partial charge < -0.3 is 29.8 Å². The monoisotopic (exact) mass is 509 g/mol. The molecule has 1 saturated carbocycles. The Hall–Kier alpha value is -2.94. The van der Waals surface area contributed by atoms with E-state index in [2.05, 4.69) is 21.3 Å². The maximum Gasteiger partial charge on any atom is 0.258 e. The lowest BCUT2D eigenvalue weighted by atomic mass is 9.84. The maximum atomic E-state index is 14.7. The fraction of sp³-hybridized carbons (Fsp3) is 0.483. The third-order valence-corrected chi connectivity index (χ3v) is 7.68. The van der Waals surface area contributed by atoms with E-state index in [1.165, 1.54) is 12.1 Å². The smallest absolute Gasteiger partial charge is 0.258 e. The minimum absolute atomic E-state index is 0.0334. The summed E-state index contributed by atoms with van der Waals surface area (Å²) in [6.07, 6.45) is 5.55. The SMILES string of the molecule is Cn1c(CN[C@H]2CC[C@@](C)(O)CC2)cc2cc(NC(=O)c3ccc(OC[C@@H]4CCCO4)cc3F)ccc21. The first-order valence-corrected chi connectivity index (χ1v) is 13.2. The lowest BCUT2D eigenvalue weighted by molar-refractivity contribution is 0.0139. The molecule has 3 N–H and O–H groups in total. The van der Waals surface area contributed by atoms with Crippen LogP contribution in [0.15, 0.2) is 42.5 Å². The number of aromatic nitrogens is 1. The van der Waals surface area contributed by atoms with E-state index < -0.39 is 17.3 Å². The number of amides is 1. The van der Waals surface area contributed by atoms with E-state index in [1.54, 1.807) is 6.07 Å². The number of hydrogen-bond acceptors (Lipinski definition) is 5. The quantitative estimate of drug-likeness (QED) is 0.402. The molecule has 2 fully saturated rings. The van der Waals surface area contributed by atoms with Gasteiger partial charge in [-0.15, -0.1) is 0 Å². The molecule has 0 unspecified atom stereocenters. The second-order valence-electron chi connectivity index (χ2n) is 10.7. The fourth-order valence-corrected chi connectivity index (χ4v) is 5.28. The molecule has 0 bridgehead atoms. The molecule has 1 atom stereocenters. The topological polar surface area (TPSA) is 84.8 Å². The van der Waals surface area contributed by atoms with Gasteiger partial charge in [-0.1, -0.05) is 0 Å². The summed E-state index contributed by atoms with van der Waals surface area (Å²) < 4.78 is 28.0. The van der Waals surface area contributed by atoms with Gasteiger partial charge in [0.05, 0.1) is 17.3 Å². The van der Waals surface area contributed by atoms with E-state index in [0.717, 1.165) is 68.3 Å². The van der Waals surface area contributed by atoms with Crippen LogP contribution in [0.3, 0.4) is 0 Å². The summed E-state index contributed by atoms with van der Waals surface area (Å²) in [5, 5.41) is 17.6. The summed E-state index contributed by atoms with van der Waals surface area (Å²) in [6.45, 7) is 3.75. The Morgan fingerprint density at radius 2 is 2.00 bits per heavy atom. The molecule has 2 heterocycles. The summed E-state index contributed by atoms with van der Waals surface area (Å²) in [5.41, 5.74) is 2.23. The number of rotatable bonds is 8. The highest BCUT2D eigenvalue weighted by molar-refractivity contribution is 6.05. The maximum absolute atomic E-state index is 14.7. The van der Waals surface area contributed by atoms with Gasteiger partial charge in [-0.3, -0.25) is 4.79 Å². The number of aryl methyl sites for hydroxylation is 1. The Kier molecular flexibility index (Phi) is 7.51. The molecule has 37 heavy (non-hydrogen) atoms. The number of fused-ring (bicyclic) bond motifs is 1. The minimum atomic E-state index is -0.624. The van der Waals surface area contributed by atoms with Crippen LogP contribution in [0.25, 0.3) is 10.9 Å². The van der Waals surface area contributed by atoms with Gasteiger partial charge in [0.2, 0.25) is 0 Å². The zero-order valence-electron chi connectivity index (χ0n) is 21.6. The van der Waals surface area contributed by atoms with Gasteiger partial charge in [-0.25, -0.2) is 4.39 Å². The van der Waals surface area contributed by atoms with Gasteiger partial charge >= 0.3 is 0 Å². The second kappa shape index (κ2) is 10.8. The third-order valence-electron chi connectivity index (χ3n) is 7.68. The Bertz CT molecular complexity index is 1260. The zero-order valence-corrected chi connectivity index (χ0v) is 21.6. The summed E-state index contributed by atoms with van der Waals surface area (Å²) in [6, 6.07) is 12.5. The first-order valence-electron chi connectivity index (χ1n) is 13.2. The first-order chi connectivity index (χ1) is 17.8. The second-order valence-corrected chi connectivity index (χ2v) is 10.7. The van der Waals surface area contributed by atoms with E-state index >= 15 is 0 Å². The van der Waals surface area contributed by atoms with Gasteiger partial charge in [0.15, 0.2) is 0 Å². The van der Waals surface area contributed by atoms with Gasteiger partial charge in [0.25, 0.3) is 5.91 Å². The molecule has 1 aliphatic carbocycles. The number of benzene rings is 2. The highest BCUT2D eigenvalue weighted by Gasteiger charge is 2.28. The molecule has 2 aliphatic rings. The first kappa shape index (κ1) is 25.7. The predicted octanol–water partition coefficient (Wildman–Crippen LogP) is 4.91. The van der Waals surface area contributed by atoms with Crippen molar-refractivity contribution in [3.63, 3.8) is 0 Å². The average molecular weight is 510 g/mol. The van der Waals surface area contributed by atoms with Gasteiger partial charge in [-0.05, 0) is 81.8 Å². The molecule has 2 aromatic carbocycles. The number of nitrogens with zero attached hydrogens (tertiary/aromatic N) is 1. The molecule has 3 aromatic rings. The van der Waals surface area contributed by atoms with E-state index in [1.807, 2.05) is 32.2 Å². The Morgan fingerprint density at radius 1 is 1.19 bits per heavy atom. The molecule has 0 spiro atoms. The van der Waals surface area contributed by atoms with Crippen molar-refractivity contribution in [1.29, 1.82) is 0 Å². The molecular weight excluding hydrogens is 473 g/mol. The van der Waals surface area contributed by atoms with Crippen molar-refractivity contribution in [2.45, 2.75) is 69.7 Å². The van der Waals surface area contributed by atoms with E-state index in [4.69, 9.17) is 9.47 Å². The van der Waals surface area contributed by atoms with Crippen molar-refractivity contribution in [1.82, 2.24) is 9.88 Å². The predicted molar refractivity (Wildman–Crippen MR) is 141 cm³/mol. The molecule has 8 heteroatoms. The van der Waals surface area contributed by atoms with Crippen LogP contribution < -0.4 is 15.4 Å². The summed E-state index contributed by atoms with van der Waals surface area (Å²) >= 11 is 0. The van der Waals surface area contributed by atoms with Crippen LogP contribution in [0.2, 0.25) is 0 Å². The number of anilines is 1. The van der Waals surface area contributed by atoms with Crippen LogP contribution >= 0.6 is 0 Å². The summed E-state index contributed by atoms with van der Waals surface area (Å²) in [7, 11) is 2.03. The van der Waals surface area contributed by atoms with Crippen LogP contribution in [0.1, 0.15) is 61.5 Å². The zero-order chi connectivity index (χ0) is 26.0. The van der Waals surface area contributed by atoms with Crippen molar-refractivity contribution in [2.24, 2.45) is 7.05 Å². The number of hydrogen-bond donors (Lipinski definition) is 3. The van der Waals surface area contributed by atoms with E-state index in [9.17, 15) is 14.3 Å². The van der Waals surface area contributed by atoms with Gasteiger partial charge in [-0.2, -0.15) is 0 Å². The Labute approximate surface area is 216 Å². The fourth-order valence-electron chi connectivity index (χ4n) is 5.28. The molecule has 0 radical (unpaired) electrons. The van der Waals surface area contributed by atoms with E-state index in [-0.39, 0.29) is 11.7 Å². The highest BCUT2D eigenvalue weighted by Crippen LogP contribution is 2.29. The van der Waals surface area contributed by atoms with Crippen molar-refractivity contribution in [3.8, 4) is 5.75 Å². The number of carbonyl (C=O) groups is 1. The van der Waals surface area contributed by atoms with Crippen molar-refractivity contribution < 1.29 is 23.8 Å². The molecule has 1 aliphatic heterocycles. The van der Waals surface area contributed by atoms with Crippen molar-refractivity contribution in [3.05, 3.63) is 59.5 Å². The van der Waals surface area contributed by atoms with E-state index in [0.29, 0.717) is 24.1 Å². The van der Waals surface area contributed by atoms with Crippen LogP contribution in [0.5, 0.6) is 5.75 Å². The standard InChI is InChI=1S/C29H36FN3O4/c1-29(35)11-9-20(10-12-29)31-17-22-15-19-14-21(5-8-27(19)33(22)2)32-28(34)25-7-6-23(16-26(25)30)37-18-24-4-3-13-36-24/h5-8,14-16,20,24,31,35H,3-4,9-13,17-18H2,1-2H3,(H,32,34)/t20-,24-,29+/m0/s1. The van der Waals surface area contributed by atoms with Crippen molar-refractivity contribution in [2.75, 3.05) is 18.5 Å². The normalized spacial score (nSPS) is 23.9. The van der Waals surface area contributed by atoms with Crippen LogP contribution in [0, 0.1) is 5.82 Å². The molecule has 198 valence electrons. The minimum Gasteiger partial charge on any atom is -0.491 e. The molecular formula is C29H36FN3O4. The van der Waals surface area contributed by atoms with Crippen LogP contribution in [-0.2, 0) is 18.3 Å². The molecule has 1 amide bonds. The Morgan fingerprint density at radius 3 is 2.73 bits per heavy atom. The number of halogens is 1. The number of ether oxygens (including phenoxy) is 2. The highest BCUT2D eigenvalue weighted by atomic mass is 19.1. The lowest BCUT2D eigenvalue weighted by Gasteiger charge is -2.33. The lowest BCUT2D eigenvalue weighted by Crippen LogP contribution is -2.39. The van der Waals surface area contributed by atoms with Gasteiger partial charge in [0.1, 0.15) is 18.2 Å². The molecule has 1 aromatic heterocycles. The number of nitrogens with one attached hydrogen (secondary N) is 2.